The van der Waals surface area contributed by atoms with Crippen molar-refractivity contribution in [3.05, 3.63) is 18.0 Å². The van der Waals surface area contributed by atoms with Gasteiger partial charge in [0.05, 0.1) is 6.10 Å². The standard InChI is InChI=1S/C14H25N3O3S/c1-3-5-16-11-14(8-13(16)9-15)21(18,19)17-6-4-7-20-12(2)10-17/h8,11-12H,3-7,9-10,15H2,1-2H3. The van der Waals surface area contributed by atoms with Crippen LogP contribution in [0.2, 0.25) is 0 Å². The summed E-state index contributed by atoms with van der Waals surface area (Å²) in [6, 6.07) is 1.70. The molecule has 21 heavy (non-hydrogen) atoms. The molecule has 1 fully saturated rings. The van der Waals surface area contributed by atoms with Crippen LogP contribution in [0.4, 0.5) is 0 Å². The second-order valence-corrected chi connectivity index (χ2v) is 7.40. The van der Waals surface area contributed by atoms with Crippen molar-refractivity contribution in [3.63, 3.8) is 0 Å². The molecule has 2 rings (SSSR count). The van der Waals surface area contributed by atoms with Crippen LogP contribution in [0, 0.1) is 0 Å². The summed E-state index contributed by atoms with van der Waals surface area (Å²) in [6.45, 7) is 6.60. The van der Waals surface area contributed by atoms with Crippen molar-refractivity contribution in [3.8, 4) is 0 Å². The predicted octanol–water partition coefficient (Wildman–Crippen LogP) is 1.16. The van der Waals surface area contributed by atoms with Gasteiger partial charge in [0.1, 0.15) is 4.90 Å². The Hall–Kier alpha value is -0.890. The maximum Gasteiger partial charge on any atom is 0.244 e. The van der Waals surface area contributed by atoms with Gasteiger partial charge in [0.15, 0.2) is 0 Å². The van der Waals surface area contributed by atoms with Crippen LogP contribution >= 0.6 is 0 Å². The predicted molar refractivity (Wildman–Crippen MR) is 81.4 cm³/mol. The molecular formula is C14H25N3O3S. The van der Waals surface area contributed by atoms with Crippen LogP contribution in [0.15, 0.2) is 17.2 Å². The first-order valence-corrected chi connectivity index (χ1v) is 8.94. The molecule has 120 valence electrons. The number of aromatic nitrogens is 1. The first-order chi connectivity index (χ1) is 9.98. The maximum absolute atomic E-state index is 12.8. The van der Waals surface area contributed by atoms with Gasteiger partial charge in [-0.15, -0.1) is 0 Å². The summed E-state index contributed by atoms with van der Waals surface area (Å²) >= 11 is 0. The summed E-state index contributed by atoms with van der Waals surface area (Å²) in [5.41, 5.74) is 6.57. The molecule has 0 amide bonds. The topological polar surface area (TPSA) is 77.6 Å². The minimum atomic E-state index is -3.47. The summed E-state index contributed by atoms with van der Waals surface area (Å²) < 4.78 is 34.6. The van der Waals surface area contributed by atoms with Gasteiger partial charge >= 0.3 is 0 Å². The lowest BCUT2D eigenvalue weighted by Crippen LogP contribution is -2.35. The summed E-state index contributed by atoms with van der Waals surface area (Å²) in [5, 5.41) is 0. The van der Waals surface area contributed by atoms with E-state index in [2.05, 4.69) is 6.92 Å². The lowest BCUT2D eigenvalue weighted by Gasteiger charge is -2.20. The fraction of sp³-hybridized carbons (Fsp3) is 0.714. The van der Waals surface area contributed by atoms with E-state index < -0.39 is 10.0 Å². The maximum atomic E-state index is 12.8. The Bertz CT molecular complexity index is 568. The van der Waals surface area contributed by atoms with Crippen molar-refractivity contribution in [2.75, 3.05) is 19.7 Å². The number of nitrogens with zero attached hydrogens (tertiary/aromatic N) is 2. The zero-order chi connectivity index (χ0) is 15.5. The van der Waals surface area contributed by atoms with Gasteiger partial charge in [0.25, 0.3) is 0 Å². The van der Waals surface area contributed by atoms with Gasteiger partial charge in [-0.1, -0.05) is 6.92 Å². The molecule has 0 bridgehead atoms. The molecule has 0 aromatic carbocycles. The van der Waals surface area contributed by atoms with Crippen LogP contribution in [0.25, 0.3) is 0 Å². The van der Waals surface area contributed by atoms with Gasteiger partial charge in [-0.2, -0.15) is 4.31 Å². The second kappa shape index (κ2) is 6.91. The Kier molecular flexibility index (Phi) is 5.43. The minimum Gasteiger partial charge on any atom is -0.377 e. The SMILES string of the molecule is CCCn1cc(S(=O)(=O)N2CCCOC(C)C2)cc1CN. The van der Waals surface area contributed by atoms with E-state index in [1.165, 1.54) is 4.31 Å². The average Bonchev–Trinajstić information content (AvgIpc) is 2.73. The Morgan fingerprint density at radius 2 is 2.24 bits per heavy atom. The van der Waals surface area contributed by atoms with E-state index in [1.807, 2.05) is 11.5 Å². The van der Waals surface area contributed by atoms with Crippen LogP contribution in [-0.2, 0) is 27.8 Å². The first kappa shape index (κ1) is 16.5. The van der Waals surface area contributed by atoms with Gasteiger partial charge in [0.2, 0.25) is 10.0 Å². The molecule has 1 atom stereocenters. The molecule has 7 heteroatoms. The van der Waals surface area contributed by atoms with Crippen molar-refractivity contribution in [2.45, 2.75) is 50.8 Å². The highest BCUT2D eigenvalue weighted by Crippen LogP contribution is 2.21. The van der Waals surface area contributed by atoms with Gasteiger partial charge in [-0.3, -0.25) is 0 Å². The third kappa shape index (κ3) is 3.66. The molecule has 0 aliphatic carbocycles. The highest BCUT2D eigenvalue weighted by Gasteiger charge is 2.29. The van der Waals surface area contributed by atoms with Crippen molar-refractivity contribution in [1.29, 1.82) is 0 Å². The minimum absolute atomic E-state index is 0.0750. The highest BCUT2D eigenvalue weighted by molar-refractivity contribution is 7.89. The fourth-order valence-corrected chi connectivity index (χ4v) is 4.23. The Morgan fingerprint density at radius 1 is 1.48 bits per heavy atom. The number of sulfonamides is 1. The molecule has 2 N–H and O–H groups in total. The molecular weight excluding hydrogens is 290 g/mol. The van der Waals surface area contributed by atoms with E-state index in [9.17, 15) is 8.42 Å². The van der Waals surface area contributed by atoms with Crippen LogP contribution in [0.3, 0.4) is 0 Å². The third-order valence-electron chi connectivity index (χ3n) is 3.69. The van der Waals surface area contributed by atoms with Crippen molar-refractivity contribution < 1.29 is 13.2 Å². The lowest BCUT2D eigenvalue weighted by atomic mass is 10.4. The molecule has 2 heterocycles. The number of nitrogens with two attached hydrogens (primary N) is 1. The van der Waals surface area contributed by atoms with Crippen LogP contribution in [-0.4, -0.2) is 43.1 Å². The van der Waals surface area contributed by atoms with E-state index in [0.717, 1.165) is 25.1 Å². The molecule has 0 spiro atoms. The second-order valence-electron chi connectivity index (χ2n) is 5.46. The van der Waals surface area contributed by atoms with E-state index in [-0.39, 0.29) is 6.10 Å². The Morgan fingerprint density at radius 3 is 2.90 bits per heavy atom. The number of ether oxygens (including phenoxy) is 1. The molecule has 6 nitrogen and oxygen atoms in total. The highest BCUT2D eigenvalue weighted by atomic mass is 32.2. The Balaban J connectivity index is 2.29. The molecule has 0 radical (unpaired) electrons. The Labute approximate surface area is 126 Å². The van der Waals surface area contributed by atoms with E-state index in [0.29, 0.717) is 31.1 Å². The van der Waals surface area contributed by atoms with E-state index in [1.54, 1.807) is 12.3 Å². The van der Waals surface area contributed by atoms with E-state index in [4.69, 9.17) is 10.5 Å². The van der Waals surface area contributed by atoms with Gasteiger partial charge in [-0.25, -0.2) is 8.42 Å². The number of rotatable bonds is 5. The molecule has 1 aliphatic rings. The van der Waals surface area contributed by atoms with Crippen LogP contribution in [0.5, 0.6) is 0 Å². The van der Waals surface area contributed by atoms with Gasteiger partial charge < -0.3 is 15.0 Å². The normalized spacial score (nSPS) is 21.4. The largest absolute Gasteiger partial charge is 0.377 e. The fourth-order valence-electron chi connectivity index (χ4n) is 2.61. The summed E-state index contributed by atoms with van der Waals surface area (Å²) in [6.07, 6.45) is 3.30. The molecule has 1 unspecified atom stereocenters. The third-order valence-corrected chi connectivity index (χ3v) is 5.52. The molecule has 0 saturated carbocycles. The number of aryl methyl sites for hydroxylation is 1. The molecule has 1 aliphatic heterocycles. The summed E-state index contributed by atoms with van der Waals surface area (Å²) in [4.78, 5) is 0.338. The summed E-state index contributed by atoms with van der Waals surface area (Å²) in [7, 11) is -3.47. The monoisotopic (exact) mass is 315 g/mol. The zero-order valence-corrected chi connectivity index (χ0v) is 13.6. The first-order valence-electron chi connectivity index (χ1n) is 7.50. The summed E-state index contributed by atoms with van der Waals surface area (Å²) in [5.74, 6) is 0. The van der Waals surface area contributed by atoms with Crippen LogP contribution in [0.1, 0.15) is 32.4 Å². The zero-order valence-electron chi connectivity index (χ0n) is 12.8. The van der Waals surface area contributed by atoms with Gasteiger partial charge in [-0.05, 0) is 25.8 Å². The van der Waals surface area contributed by atoms with E-state index >= 15 is 0 Å². The molecule has 1 aromatic rings. The number of hydrogen-bond donors (Lipinski definition) is 1. The smallest absolute Gasteiger partial charge is 0.244 e. The van der Waals surface area contributed by atoms with Crippen molar-refractivity contribution in [2.24, 2.45) is 5.73 Å². The molecule has 1 saturated heterocycles. The lowest BCUT2D eigenvalue weighted by molar-refractivity contribution is 0.0752. The van der Waals surface area contributed by atoms with Crippen LogP contribution < -0.4 is 5.73 Å². The molecule has 1 aromatic heterocycles. The quantitative estimate of drug-likeness (QED) is 0.884. The van der Waals surface area contributed by atoms with Crippen molar-refractivity contribution >= 4 is 10.0 Å². The average molecular weight is 315 g/mol. The van der Waals surface area contributed by atoms with Crippen molar-refractivity contribution in [1.82, 2.24) is 8.87 Å². The number of hydrogen-bond acceptors (Lipinski definition) is 4. The van der Waals surface area contributed by atoms with Gasteiger partial charge in [0, 0.05) is 44.7 Å².